The molecule has 1 saturated heterocycles. The summed E-state index contributed by atoms with van der Waals surface area (Å²) in [5.74, 6) is 1.99. The van der Waals surface area contributed by atoms with Crippen molar-refractivity contribution in [3.8, 4) is 6.07 Å². The summed E-state index contributed by atoms with van der Waals surface area (Å²) in [7, 11) is 0. The zero-order valence-electron chi connectivity index (χ0n) is 11.8. The van der Waals surface area contributed by atoms with Crippen molar-refractivity contribution in [2.45, 2.75) is 57.5 Å². The van der Waals surface area contributed by atoms with Gasteiger partial charge in [0.05, 0.1) is 6.07 Å². The zero-order valence-corrected chi connectivity index (χ0v) is 11.8. The van der Waals surface area contributed by atoms with Crippen molar-refractivity contribution in [2.24, 2.45) is 23.5 Å². The smallest absolute Gasteiger partial charge is 0.210 e. The fourth-order valence-corrected chi connectivity index (χ4v) is 3.44. The number of carbonyl (C=O) groups excluding carboxylic acids is 1. The Morgan fingerprint density at radius 1 is 1.37 bits per heavy atom. The molecule has 0 spiro atoms. The fraction of sp³-hybridized carbons (Fsp3) is 0.867. The van der Waals surface area contributed by atoms with Crippen LogP contribution in [0.5, 0.6) is 0 Å². The zero-order chi connectivity index (χ0) is 13.8. The first-order chi connectivity index (χ1) is 9.17. The van der Waals surface area contributed by atoms with Gasteiger partial charge >= 0.3 is 0 Å². The average Bonchev–Trinajstić information content (AvgIpc) is 3.12. The number of nitriles is 1. The standard InChI is InChI=1S/C8H17N.C7H8N2O/c1-7(9)8-5-3-2-4-6-8;8-2-7-6-1-5(6)3-9(7)4-10/h7-8H,2-6,9H2,1H3;4-7H,1,3H2. The van der Waals surface area contributed by atoms with Crippen LogP contribution in [0.3, 0.4) is 0 Å². The van der Waals surface area contributed by atoms with Gasteiger partial charge in [-0.2, -0.15) is 5.26 Å². The molecule has 4 unspecified atom stereocenters. The summed E-state index contributed by atoms with van der Waals surface area (Å²) in [4.78, 5) is 11.9. The Morgan fingerprint density at radius 2 is 2.05 bits per heavy atom. The van der Waals surface area contributed by atoms with E-state index in [1.54, 1.807) is 4.90 Å². The van der Waals surface area contributed by atoms with Gasteiger partial charge in [-0.1, -0.05) is 19.3 Å². The van der Waals surface area contributed by atoms with Gasteiger partial charge in [0.25, 0.3) is 0 Å². The van der Waals surface area contributed by atoms with E-state index in [0.717, 1.165) is 25.3 Å². The number of nitrogens with two attached hydrogens (primary N) is 1. The molecule has 3 aliphatic rings. The lowest BCUT2D eigenvalue weighted by atomic mass is 9.85. The third kappa shape index (κ3) is 3.48. The largest absolute Gasteiger partial charge is 0.329 e. The highest BCUT2D eigenvalue weighted by molar-refractivity contribution is 5.51. The van der Waals surface area contributed by atoms with Gasteiger partial charge in [-0.15, -0.1) is 0 Å². The molecule has 4 nitrogen and oxygen atoms in total. The highest BCUT2D eigenvalue weighted by Crippen LogP contribution is 2.48. The van der Waals surface area contributed by atoms with Crippen molar-refractivity contribution < 1.29 is 4.79 Å². The quantitative estimate of drug-likeness (QED) is 0.774. The molecule has 0 aromatic heterocycles. The van der Waals surface area contributed by atoms with Gasteiger partial charge in [0.15, 0.2) is 0 Å². The highest BCUT2D eigenvalue weighted by atomic mass is 16.1. The van der Waals surface area contributed by atoms with Crippen LogP contribution in [0.2, 0.25) is 0 Å². The van der Waals surface area contributed by atoms with E-state index in [1.165, 1.54) is 32.1 Å². The number of likely N-dealkylation sites (tertiary alicyclic amines) is 1. The number of piperidine rings is 1. The molecule has 1 aliphatic heterocycles. The van der Waals surface area contributed by atoms with E-state index in [4.69, 9.17) is 11.0 Å². The van der Waals surface area contributed by atoms with E-state index in [9.17, 15) is 4.79 Å². The van der Waals surface area contributed by atoms with Crippen LogP contribution in [0.15, 0.2) is 0 Å². The second kappa shape index (κ2) is 6.38. The predicted octanol–water partition coefficient (Wildman–Crippen LogP) is 1.90. The Morgan fingerprint density at radius 3 is 2.47 bits per heavy atom. The second-order valence-corrected chi connectivity index (χ2v) is 6.29. The molecule has 4 atom stereocenters. The van der Waals surface area contributed by atoms with Crippen LogP contribution in [0.25, 0.3) is 0 Å². The molecule has 2 aliphatic carbocycles. The number of fused-ring (bicyclic) bond motifs is 1. The minimum absolute atomic E-state index is 0.109. The molecule has 3 rings (SSSR count). The van der Waals surface area contributed by atoms with Crippen molar-refractivity contribution in [3.05, 3.63) is 0 Å². The summed E-state index contributed by atoms with van der Waals surface area (Å²) >= 11 is 0. The first kappa shape index (κ1) is 14.3. The normalized spacial score (nSPS) is 34.6. The van der Waals surface area contributed by atoms with Crippen LogP contribution < -0.4 is 5.73 Å². The molecule has 0 radical (unpaired) electrons. The molecule has 0 aromatic rings. The number of hydrogen-bond donors (Lipinski definition) is 1. The van der Waals surface area contributed by atoms with Crippen LogP contribution in [-0.2, 0) is 4.79 Å². The molecule has 0 bridgehead atoms. The maximum atomic E-state index is 10.3. The third-order valence-electron chi connectivity index (χ3n) is 4.85. The van der Waals surface area contributed by atoms with Gasteiger partial charge in [0.1, 0.15) is 6.04 Å². The maximum Gasteiger partial charge on any atom is 0.210 e. The van der Waals surface area contributed by atoms with Crippen molar-refractivity contribution in [1.29, 1.82) is 5.26 Å². The minimum atomic E-state index is -0.109. The molecule has 106 valence electrons. The van der Waals surface area contributed by atoms with Crippen molar-refractivity contribution >= 4 is 6.41 Å². The summed E-state index contributed by atoms with van der Waals surface area (Å²) in [6.07, 6.45) is 8.94. The molecule has 2 saturated carbocycles. The Bertz CT molecular complexity index is 344. The SMILES string of the molecule is CC(N)C1CCCCC1.N#CC1C2CC2CN1C=O. The Balaban J connectivity index is 0.000000141. The Labute approximate surface area is 115 Å². The highest BCUT2D eigenvalue weighted by Gasteiger charge is 2.52. The molecule has 4 heteroatoms. The van der Waals surface area contributed by atoms with E-state index in [1.807, 2.05) is 0 Å². The number of rotatable bonds is 2. The molecular weight excluding hydrogens is 238 g/mol. The lowest BCUT2D eigenvalue weighted by molar-refractivity contribution is -0.118. The summed E-state index contributed by atoms with van der Waals surface area (Å²) in [6, 6.07) is 2.48. The van der Waals surface area contributed by atoms with Gasteiger partial charge in [0.2, 0.25) is 6.41 Å². The lowest BCUT2D eigenvalue weighted by Crippen LogP contribution is -2.30. The average molecular weight is 263 g/mol. The summed E-state index contributed by atoms with van der Waals surface area (Å²) in [6.45, 7) is 2.95. The maximum absolute atomic E-state index is 10.3. The van der Waals surface area contributed by atoms with Crippen LogP contribution in [0.1, 0.15) is 45.4 Å². The molecule has 3 fully saturated rings. The summed E-state index contributed by atoms with van der Waals surface area (Å²) in [5.41, 5.74) is 5.77. The summed E-state index contributed by atoms with van der Waals surface area (Å²) < 4.78 is 0. The molecule has 1 amide bonds. The number of carbonyl (C=O) groups is 1. The van der Waals surface area contributed by atoms with E-state index in [0.29, 0.717) is 17.9 Å². The van der Waals surface area contributed by atoms with Gasteiger partial charge in [-0.05, 0) is 43.9 Å². The van der Waals surface area contributed by atoms with E-state index in [-0.39, 0.29) is 6.04 Å². The molecule has 2 N–H and O–H groups in total. The van der Waals surface area contributed by atoms with Crippen LogP contribution in [-0.4, -0.2) is 29.9 Å². The van der Waals surface area contributed by atoms with Crippen molar-refractivity contribution in [3.63, 3.8) is 0 Å². The first-order valence-corrected chi connectivity index (χ1v) is 7.53. The van der Waals surface area contributed by atoms with E-state index in [2.05, 4.69) is 13.0 Å². The first-order valence-electron chi connectivity index (χ1n) is 7.53. The number of nitrogens with zero attached hydrogens (tertiary/aromatic N) is 2. The second-order valence-electron chi connectivity index (χ2n) is 6.29. The monoisotopic (exact) mass is 263 g/mol. The van der Waals surface area contributed by atoms with Gasteiger partial charge < -0.3 is 10.6 Å². The fourth-order valence-electron chi connectivity index (χ4n) is 3.44. The topological polar surface area (TPSA) is 70.1 Å². The van der Waals surface area contributed by atoms with Crippen LogP contribution in [0.4, 0.5) is 0 Å². The predicted molar refractivity (Wildman–Crippen MR) is 74.0 cm³/mol. The van der Waals surface area contributed by atoms with Crippen molar-refractivity contribution in [2.75, 3.05) is 6.54 Å². The van der Waals surface area contributed by atoms with Gasteiger partial charge in [0, 0.05) is 12.6 Å². The van der Waals surface area contributed by atoms with Crippen molar-refractivity contribution in [1.82, 2.24) is 4.90 Å². The molecule has 1 heterocycles. The summed E-state index contributed by atoms with van der Waals surface area (Å²) in [5, 5.41) is 8.61. The lowest BCUT2D eigenvalue weighted by Gasteiger charge is -2.24. The van der Waals surface area contributed by atoms with Gasteiger partial charge in [-0.3, -0.25) is 4.79 Å². The molecular formula is C15H25N3O. The van der Waals surface area contributed by atoms with Crippen LogP contribution >= 0.6 is 0 Å². The van der Waals surface area contributed by atoms with E-state index < -0.39 is 0 Å². The Kier molecular flexibility index (Phi) is 4.81. The number of amides is 1. The van der Waals surface area contributed by atoms with Crippen LogP contribution in [0, 0.1) is 29.1 Å². The molecule has 19 heavy (non-hydrogen) atoms. The third-order valence-corrected chi connectivity index (χ3v) is 4.85. The van der Waals surface area contributed by atoms with E-state index >= 15 is 0 Å². The number of hydrogen-bond acceptors (Lipinski definition) is 3. The van der Waals surface area contributed by atoms with Gasteiger partial charge in [-0.25, -0.2) is 0 Å². The minimum Gasteiger partial charge on any atom is -0.329 e. The molecule has 0 aromatic carbocycles. The Hall–Kier alpha value is -1.08.